The molecular weight excluding hydrogens is 217 g/mol. The monoisotopic (exact) mass is 237 g/mol. The normalized spacial score (nSPS) is 20.6. The number of piperidine rings is 1. The van der Waals surface area contributed by atoms with Gasteiger partial charge in [-0.05, 0) is 37.0 Å². The van der Waals surface area contributed by atoms with Gasteiger partial charge in [-0.1, -0.05) is 13.3 Å². The fourth-order valence-electron chi connectivity index (χ4n) is 2.61. The topological polar surface area (TPSA) is 23.5 Å². The van der Waals surface area contributed by atoms with Crippen molar-refractivity contribution in [1.29, 1.82) is 0 Å². The van der Waals surface area contributed by atoms with Gasteiger partial charge in [0, 0.05) is 24.3 Å². The third-order valence-electron chi connectivity index (χ3n) is 3.65. The van der Waals surface area contributed by atoms with Crippen molar-refractivity contribution in [3.8, 4) is 0 Å². The maximum Gasteiger partial charge on any atom is 0.123 e. The lowest BCUT2D eigenvalue weighted by Crippen LogP contribution is -2.35. The Hall–Kier alpha value is -1.09. The van der Waals surface area contributed by atoms with Crippen LogP contribution in [0.4, 0.5) is 10.1 Å². The molecule has 0 aromatic heterocycles. The Morgan fingerprint density at radius 3 is 3.00 bits per heavy atom. The number of aliphatic hydroxyl groups is 1. The van der Waals surface area contributed by atoms with Crippen LogP contribution in [0.1, 0.15) is 31.7 Å². The summed E-state index contributed by atoms with van der Waals surface area (Å²) in [4.78, 5) is 2.28. The van der Waals surface area contributed by atoms with Crippen LogP contribution in [0.5, 0.6) is 0 Å². The van der Waals surface area contributed by atoms with E-state index < -0.39 is 0 Å². The summed E-state index contributed by atoms with van der Waals surface area (Å²) >= 11 is 0. The summed E-state index contributed by atoms with van der Waals surface area (Å²) in [6.45, 7) is 4.15. The molecule has 0 spiro atoms. The van der Waals surface area contributed by atoms with E-state index in [4.69, 9.17) is 0 Å². The average molecular weight is 237 g/mol. The van der Waals surface area contributed by atoms with E-state index in [1.54, 1.807) is 6.07 Å². The van der Waals surface area contributed by atoms with Gasteiger partial charge in [0.1, 0.15) is 5.82 Å². The molecule has 1 heterocycles. The first-order valence-corrected chi connectivity index (χ1v) is 6.38. The van der Waals surface area contributed by atoms with Crippen LogP contribution in [0.25, 0.3) is 0 Å². The van der Waals surface area contributed by atoms with Crippen molar-refractivity contribution in [3.63, 3.8) is 0 Å². The van der Waals surface area contributed by atoms with Crippen molar-refractivity contribution in [2.45, 2.75) is 32.8 Å². The predicted octanol–water partition coefficient (Wildman–Crippen LogP) is 2.94. The fourth-order valence-corrected chi connectivity index (χ4v) is 2.61. The highest BCUT2D eigenvalue weighted by molar-refractivity contribution is 5.54. The van der Waals surface area contributed by atoms with Gasteiger partial charge in [0.15, 0.2) is 0 Å². The summed E-state index contributed by atoms with van der Waals surface area (Å²) in [6, 6.07) is 4.70. The van der Waals surface area contributed by atoms with Gasteiger partial charge in [0.25, 0.3) is 0 Å². The number of halogens is 1. The number of rotatable bonds is 3. The molecule has 2 rings (SSSR count). The summed E-state index contributed by atoms with van der Waals surface area (Å²) in [5.74, 6) is 0.446. The number of hydrogen-bond donors (Lipinski definition) is 1. The fraction of sp³-hybridized carbons (Fsp3) is 0.571. The molecule has 1 atom stereocenters. The van der Waals surface area contributed by atoms with Gasteiger partial charge >= 0.3 is 0 Å². The summed E-state index contributed by atoms with van der Waals surface area (Å²) < 4.78 is 13.1. The molecule has 1 saturated heterocycles. The molecule has 0 saturated carbocycles. The van der Waals surface area contributed by atoms with Crippen LogP contribution in [0, 0.1) is 11.7 Å². The van der Waals surface area contributed by atoms with E-state index in [-0.39, 0.29) is 12.4 Å². The first-order chi connectivity index (χ1) is 8.24. The Kier molecular flexibility index (Phi) is 4.00. The van der Waals surface area contributed by atoms with Gasteiger partial charge < -0.3 is 10.0 Å². The minimum absolute atomic E-state index is 0.0968. The van der Waals surface area contributed by atoms with Crippen LogP contribution in [0.2, 0.25) is 0 Å². The van der Waals surface area contributed by atoms with E-state index in [9.17, 15) is 9.50 Å². The highest BCUT2D eigenvalue weighted by atomic mass is 19.1. The highest BCUT2D eigenvalue weighted by Crippen LogP contribution is 2.28. The van der Waals surface area contributed by atoms with Crippen molar-refractivity contribution in [1.82, 2.24) is 0 Å². The Bertz CT molecular complexity index is 380. The Balaban J connectivity index is 2.20. The van der Waals surface area contributed by atoms with Crippen molar-refractivity contribution < 1.29 is 9.50 Å². The molecule has 1 aromatic rings. The SMILES string of the molecule is CCC1CCCN(c2ccc(F)cc2CO)C1. The molecule has 3 heteroatoms. The van der Waals surface area contributed by atoms with Gasteiger partial charge in [0.2, 0.25) is 0 Å². The van der Waals surface area contributed by atoms with Crippen molar-refractivity contribution in [2.24, 2.45) is 5.92 Å². The zero-order chi connectivity index (χ0) is 12.3. The largest absolute Gasteiger partial charge is 0.392 e. The van der Waals surface area contributed by atoms with E-state index in [0.717, 1.165) is 24.7 Å². The van der Waals surface area contributed by atoms with Gasteiger partial charge in [-0.15, -0.1) is 0 Å². The van der Waals surface area contributed by atoms with Crippen molar-refractivity contribution in [2.75, 3.05) is 18.0 Å². The lowest BCUT2D eigenvalue weighted by molar-refractivity contribution is 0.281. The van der Waals surface area contributed by atoms with E-state index >= 15 is 0 Å². The molecule has 1 N–H and O–H groups in total. The van der Waals surface area contributed by atoms with Crippen LogP contribution >= 0.6 is 0 Å². The van der Waals surface area contributed by atoms with E-state index in [2.05, 4.69) is 11.8 Å². The number of benzene rings is 1. The van der Waals surface area contributed by atoms with Crippen LogP contribution in [-0.2, 0) is 6.61 Å². The minimum Gasteiger partial charge on any atom is -0.392 e. The molecular formula is C14H20FNO. The molecule has 2 nitrogen and oxygen atoms in total. The second-order valence-corrected chi connectivity index (χ2v) is 4.79. The lowest BCUT2D eigenvalue weighted by atomic mass is 9.95. The first kappa shape index (κ1) is 12.4. The Morgan fingerprint density at radius 1 is 1.47 bits per heavy atom. The van der Waals surface area contributed by atoms with Crippen LogP contribution in [0.3, 0.4) is 0 Å². The van der Waals surface area contributed by atoms with Crippen LogP contribution < -0.4 is 4.90 Å². The van der Waals surface area contributed by atoms with Crippen LogP contribution in [-0.4, -0.2) is 18.2 Å². The molecule has 0 amide bonds. The summed E-state index contributed by atoms with van der Waals surface area (Å²) in [7, 11) is 0. The molecule has 1 fully saturated rings. The first-order valence-electron chi connectivity index (χ1n) is 6.38. The van der Waals surface area contributed by atoms with E-state index in [1.165, 1.54) is 31.4 Å². The predicted molar refractivity (Wildman–Crippen MR) is 67.6 cm³/mol. The number of anilines is 1. The van der Waals surface area contributed by atoms with E-state index in [0.29, 0.717) is 5.56 Å². The standard InChI is InChI=1S/C14H20FNO/c1-2-11-4-3-7-16(9-11)14-6-5-13(15)8-12(14)10-17/h5-6,8,11,17H,2-4,7,9-10H2,1H3. The van der Waals surface area contributed by atoms with Crippen LogP contribution in [0.15, 0.2) is 18.2 Å². The second kappa shape index (κ2) is 5.50. The lowest BCUT2D eigenvalue weighted by Gasteiger charge is -2.35. The molecule has 1 aliphatic heterocycles. The quantitative estimate of drug-likeness (QED) is 0.873. The Labute approximate surface area is 102 Å². The molecule has 1 aliphatic rings. The average Bonchev–Trinajstić information content (AvgIpc) is 2.38. The molecule has 0 bridgehead atoms. The molecule has 94 valence electrons. The van der Waals surface area contributed by atoms with Gasteiger partial charge in [-0.2, -0.15) is 0 Å². The number of nitrogens with zero attached hydrogens (tertiary/aromatic N) is 1. The molecule has 0 radical (unpaired) electrons. The zero-order valence-corrected chi connectivity index (χ0v) is 10.3. The third kappa shape index (κ3) is 2.78. The maximum atomic E-state index is 13.1. The third-order valence-corrected chi connectivity index (χ3v) is 3.65. The molecule has 17 heavy (non-hydrogen) atoms. The summed E-state index contributed by atoms with van der Waals surface area (Å²) in [5, 5.41) is 9.30. The maximum absolute atomic E-state index is 13.1. The van der Waals surface area contributed by atoms with Gasteiger partial charge in [-0.25, -0.2) is 4.39 Å². The highest BCUT2D eigenvalue weighted by Gasteiger charge is 2.20. The smallest absolute Gasteiger partial charge is 0.123 e. The Morgan fingerprint density at radius 2 is 2.29 bits per heavy atom. The van der Waals surface area contributed by atoms with Crippen molar-refractivity contribution in [3.05, 3.63) is 29.6 Å². The zero-order valence-electron chi connectivity index (χ0n) is 10.3. The van der Waals surface area contributed by atoms with Gasteiger partial charge in [0.05, 0.1) is 6.61 Å². The molecule has 1 unspecified atom stereocenters. The summed E-state index contributed by atoms with van der Waals surface area (Å²) in [6.07, 6.45) is 3.65. The van der Waals surface area contributed by atoms with Gasteiger partial charge in [-0.3, -0.25) is 0 Å². The minimum atomic E-state index is -0.276. The number of hydrogen-bond acceptors (Lipinski definition) is 2. The molecule has 1 aromatic carbocycles. The van der Waals surface area contributed by atoms with Crippen molar-refractivity contribution >= 4 is 5.69 Å². The number of aliphatic hydroxyl groups excluding tert-OH is 1. The second-order valence-electron chi connectivity index (χ2n) is 4.79. The summed E-state index contributed by atoms with van der Waals surface area (Å²) in [5.41, 5.74) is 1.69. The molecule has 0 aliphatic carbocycles. The van der Waals surface area contributed by atoms with E-state index in [1.807, 2.05) is 0 Å².